The summed E-state index contributed by atoms with van der Waals surface area (Å²) in [5.41, 5.74) is 5.45. The summed E-state index contributed by atoms with van der Waals surface area (Å²) in [5, 5.41) is 14.8. The van der Waals surface area contributed by atoms with Crippen molar-refractivity contribution in [3.63, 3.8) is 0 Å². The number of anilines is 1. The Morgan fingerprint density at radius 2 is 1.91 bits per heavy atom. The largest absolute Gasteiger partial charge is 0.379 e. The van der Waals surface area contributed by atoms with Gasteiger partial charge in [-0.1, -0.05) is 18.2 Å². The Bertz CT molecular complexity index is 1550. The van der Waals surface area contributed by atoms with Crippen molar-refractivity contribution in [2.24, 2.45) is 11.3 Å². The molecule has 0 radical (unpaired) electrons. The molecule has 7 rings (SSSR count). The van der Waals surface area contributed by atoms with Crippen molar-refractivity contribution in [1.82, 2.24) is 29.8 Å². The van der Waals surface area contributed by atoms with Crippen LogP contribution in [0.2, 0.25) is 5.02 Å². The molecule has 0 unspecified atom stereocenters. The molecule has 3 saturated heterocycles. The lowest BCUT2D eigenvalue weighted by atomic mass is 9.60. The normalized spacial score (nSPS) is 23.9. The minimum atomic E-state index is -0.0677. The number of rotatable bonds is 6. The fourth-order valence-corrected chi connectivity index (χ4v) is 8.69. The van der Waals surface area contributed by atoms with Crippen LogP contribution in [0.3, 0.4) is 0 Å². The number of likely N-dealkylation sites (tertiary alicyclic amines) is 1. The molecule has 4 fully saturated rings. The molecule has 230 valence electrons. The van der Waals surface area contributed by atoms with Gasteiger partial charge < -0.3 is 14.5 Å². The number of H-pyrrole nitrogens is 1. The van der Waals surface area contributed by atoms with Gasteiger partial charge in [-0.25, -0.2) is 0 Å². The number of carbonyl (C=O) groups is 1. The molecule has 1 spiro atoms. The summed E-state index contributed by atoms with van der Waals surface area (Å²) < 4.78 is 7.87. The average molecular weight is 606 g/mol. The number of aromatic nitrogens is 4. The molecule has 4 aliphatic rings. The highest BCUT2D eigenvalue weighted by Gasteiger charge is 2.54. The number of morpholine rings is 1. The van der Waals surface area contributed by atoms with Crippen LogP contribution in [0.4, 0.5) is 5.82 Å². The SMILES string of the molecule is C=CC(=O)N1CC2(CC(n3nc(N4CC[C@@H](CN5CCOCC5)CC4(C)C)c(-c4c(Cl)c(C)cc5[nH]ncc45)c3C)C2)C1. The van der Waals surface area contributed by atoms with Crippen molar-refractivity contribution >= 4 is 34.2 Å². The second-order valence-electron chi connectivity index (χ2n) is 14.1. The van der Waals surface area contributed by atoms with E-state index in [9.17, 15) is 4.79 Å². The fourth-order valence-electron chi connectivity index (χ4n) is 8.44. The first kappa shape index (κ1) is 28.9. The number of benzene rings is 1. The highest BCUT2D eigenvalue weighted by molar-refractivity contribution is 6.36. The first-order chi connectivity index (χ1) is 20.6. The van der Waals surface area contributed by atoms with Crippen molar-refractivity contribution in [1.29, 1.82) is 0 Å². The Labute approximate surface area is 259 Å². The lowest BCUT2D eigenvalue weighted by Gasteiger charge is -2.58. The van der Waals surface area contributed by atoms with E-state index in [1.165, 1.54) is 6.08 Å². The molecule has 3 aromatic rings. The third-order valence-corrected chi connectivity index (χ3v) is 11.1. The Morgan fingerprint density at radius 1 is 1.16 bits per heavy atom. The predicted octanol–water partition coefficient (Wildman–Crippen LogP) is 5.37. The lowest BCUT2D eigenvalue weighted by Crippen LogP contribution is -2.63. The summed E-state index contributed by atoms with van der Waals surface area (Å²) in [6.07, 6.45) is 7.63. The molecule has 1 aliphatic carbocycles. The van der Waals surface area contributed by atoms with E-state index in [0.29, 0.717) is 12.0 Å². The molecule has 2 aromatic heterocycles. The van der Waals surface area contributed by atoms with Crippen LogP contribution in [-0.2, 0) is 9.53 Å². The maximum atomic E-state index is 12.1. The number of amides is 1. The zero-order valence-electron chi connectivity index (χ0n) is 26.0. The Morgan fingerprint density at radius 3 is 2.60 bits per heavy atom. The summed E-state index contributed by atoms with van der Waals surface area (Å²) in [5.74, 6) is 1.71. The van der Waals surface area contributed by atoms with Gasteiger partial charge in [0.05, 0.1) is 36.0 Å². The van der Waals surface area contributed by atoms with Gasteiger partial charge in [-0.15, -0.1) is 0 Å². The van der Waals surface area contributed by atoms with Crippen LogP contribution >= 0.6 is 11.6 Å². The third-order valence-electron chi connectivity index (χ3n) is 10.6. The molecule has 1 saturated carbocycles. The van der Waals surface area contributed by atoms with Gasteiger partial charge in [-0.3, -0.25) is 19.5 Å². The van der Waals surface area contributed by atoms with Gasteiger partial charge in [0.2, 0.25) is 5.91 Å². The van der Waals surface area contributed by atoms with E-state index in [4.69, 9.17) is 21.4 Å². The van der Waals surface area contributed by atoms with Crippen molar-refractivity contribution < 1.29 is 9.53 Å². The second kappa shape index (κ2) is 10.6. The number of carbonyl (C=O) groups excluding carboxylic acids is 1. The highest BCUT2D eigenvalue weighted by atomic mass is 35.5. The molecule has 0 bridgehead atoms. The summed E-state index contributed by atoms with van der Waals surface area (Å²) in [7, 11) is 0. The van der Waals surface area contributed by atoms with E-state index >= 15 is 0 Å². The van der Waals surface area contributed by atoms with E-state index < -0.39 is 0 Å². The number of ether oxygens (including phenoxy) is 1. The van der Waals surface area contributed by atoms with E-state index in [2.05, 4.69) is 65.0 Å². The number of hydrogen-bond acceptors (Lipinski definition) is 6. The zero-order chi connectivity index (χ0) is 30.1. The minimum Gasteiger partial charge on any atom is -0.379 e. The molecule has 1 aromatic carbocycles. The van der Waals surface area contributed by atoms with Gasteiger partial charge in [0.1, 0.15) is 0 Å². The van der Waals surface area contributed by atoms with E-state index in [1.54, 1.807) is 0 Å². The Hall–Kier alpha value is -2.88. The number of aromatic amines is 1. The van der Waals surface area contributed by atoms with Crippen molar-refractivity contribution in [2.75, 3.05) is 57.4 Å². The van der Waals surface area contributed by atoms with Gasteiger partial charge in [-0.2, -0.15) is 10.2 Å². The number of halogens is 1. The monoisotopic (exact) mass is 605 g/mol. The van der Waals surface area contributed by atoms with Crippen LogP contribution in [-0.4, -0.2) is 93.7 Å². The molecule has 10 heteroatoms. The van der Waals surface area contributed by atoms with Crippen molar-refractivity contribution in [3.8, 4) is 11.1 Å². The first-order valence-corrected chi connectivity index (χ1v) is 16.2. The first-order valence-electron chi connectivity index (χ1n) is 15.8. The van der Waals surface area contributed by atoms with Crippen LogP contribution < -0.4 is 4.90 Å². The molecule has 5 heterocycles. The summed E-state index contributed by atoms with van der Waals surface area (Å²) >= 11 is 7.16. The number of nitrogens with one attached hydrogen (secondary N) is 1. The van der Waals surface area contributed by atoms with Crippen LogP contribution in [0.15, 0.2) is 24.9 Å². The molecule has 9 nitrogen and oxygen atoms in total. The van der Waals surface area contributed by atoms with Gasteiger partial charge in [0.25, 0.3) is 0 Å². The maximum Gasteiger partial charge on any atom is 0.245 e. The van der Waals surface area contributed by atoms with E-state index in [0.717, 1.165) is 122 Å². The van der Waals surface area contributed by atoms with Crippen molar-refractivity contribution in [3.05, 3.63) is 41.2 Å². The maximum absolute atomic E-state index is 12.1. The predicted molar refractivity (Wildman–Crippen MR) is 171 cm³/mol. The molecule has 1 atom stereocenters. The number of piperidine rings is 1. The lowest BCUT2D eigenvalue weighted by molar-refractivity contribution is -0.149. The quantitative estimate of drug-likeness (QED) is 0.380. The highest BCUT2D eigenvalue weighted by Crippen LogP contribution is 2.56. The van der Waals surface area contributed by atoms with E-state index in [1.807, 2.05) is 11.1 Å². The molecule has 1 amide bonds. The smallest absolute Gasteiger partial charge is 0.245 e. The van der Waals surface area contributed by atoms with Crippen molar-refractivity contribution in [2.45, 2.75) is 65.0 Å². The fraction of sp³-hybridized carbons (Fsp3) is 0.606. The molecule has 43 heavy (non-hydrogen) atoms. The summed E-state index contributed by atoms with van der Waals surface area (Å²) in [6, 6.07) is 2.39. The average Bonchev–Trinajstić information content (AvgIpc) is 3.52. The van der Waals surface area contributed by atoms with Gasteiger partial charge in [-0.05, 0) is 77.0 Å². The Balaban J connectivity index is 1.23. The molecular weight excluding hydrogens is 562 g/mol. The minimum absolute atomic E-state index is 0.0337. The molecule has 3 aliphatic heterocycles. The van der Waals surface area contributed by atoms with Gasteiger partial charge in [0, 0.05) is 72.4 Å². The second-order valence-corrected chi connectivity index (χ2v) is 14.5. The summed E-state index contributed by atoms with van der Waals surface area (Å²) in [4.78, 5) is 19.1. The van der Waals surface area contributed by atoms with Crippen LogP contribution in [0.5, 0.6) is 0 Å². The number of nitrogens with zero attached hydrogens (tertiary/aromatic N) is 6. The van der Waals surface area contributed by atoms with E-state index in [-0.39, 0.29) is 16.9 Å². The number of aryl methyl sites for hydroxylation is 1. The van der Waals surface area contributed by atoms with Gasteiger partial charge in [0.15, 0.2) is 5.82 Å². The van der Waals surface area contributed by atoms with Crippen LogP contribution in [0.1, 0.15) is 56.8 Å². The molecule has 1 N–H and O–H groups in total. The van der Waals surface area contributed by atoms with Crippen LogP contribution in [0, 0.1) is 25.2 Å². The zero-order valence-corrected chi connectivity index (χ0v) is 26.7. The van der Waals surface area contributed by atoms with Crippen LogP contribution in [0.25, 0.3) is 22.0 Å². The summed E-state index contributed by atoms with van der Waals surface area (Å²) in [6.45, 7) is 20.1. The third kappa shape index (κ3) is 4.88. The Kier molecular flexibility index (Phi) is 7.14. The van der Waals surface area contributed by atoms with Gasteiger partial charge >= 0.3 is 0 Å². The topological polar surface area (TPSA) is 82.5 Å². The number of fused-ring (bicyclic) bond motifs is 1. The molecular formula is C33H44ClN7O2. The standard InChI is InChI=1S/C33H44ClN7O2/c1-6-27(42)39-19-33(20-39)15-24(16-33)41-22(3)28(29-25-17-35-36-26(25)13-21(2)30(29)34)31(37-41)40-8-7-23(14-32(40,4)5)18-38-9-11-43-12-10-38/h6,13,17,23-24H,1,7-12,14-16,18-20H2,2-5H3,(H,35,36)/t23-/m1/s1. The number of hydrogen-bond donors (Lipinski definition) is 1.